The van der Waals surface area contributed by atoms with E-state index in [0.29, 0.717) is 22.9 Å². The molecule has 26 heavy (non-hydrogen) atoms. The van der Waals surface area contributed by atoms with Crippen molar-refractivity contribution in [1.29, 1.82) is 0 Å². The first-order chi connectivity index (χ1) is 12.4. The van der Waals surface area contributed by atoms with Crippen molar-refractivity contribution in [2.75, 3.05) is 5.32 Å². The van der Waals surface area contributed by atoms with Crippen molar-refractivity contribution >= 4 is 34.9 Å². The zero-order chi connectivity index (χ0) is 18.7. The Balaban J connectivity index is 1.86. The number of anilines is 1. The fourth-order valence-electron chi connectivity index (χ4n) is 3.13. The lowest BCUT2D eigenvalue weighted by atomic mass is 9.87. The number of nitrogens with two attached hydrogens (primary N) is 1. The van der Waals surface area contributed by atoms with E-state index >= 15 is 0 Å². The lowest BCUT2D eigenvalue weighted by Crippen LogP contribution is -2.25. The molecule has 0 spiro atoms. The number of aromatic nitrogens is 2. The van der Waals surface area contributed by atoms with Crippen LogP contribution in [0.4, 0.5) is 10.5 Å². The number of thioether (sulfide) groups is 1. The van der Waals surface area contributed by atoms with Crippen molar-refractivity contribution in [3.05, 3.63) is 23.2 Å². The largest absolute Gasteiger partial charge is 0.465 e. The fraction of sp³-hybridized carbons (Fsp3) is 0.500. The first kappa shape index (κ1) is 19.1. The van der Waals surface area contributed by atoms with Gasteiger partial charge in [-0.2, -0.15) is 0 Å². The van der Waals surface area contributed by atoms with E-state index in [2.05, 4.69) is 29.4 Å². The predicted octanol–water partition coefficient (Wildman–Crippen LogP) is 4.78. The monoisotopic (exact) mass is 392 g/mol. The molecule has 0 radical (unpaired) electrons. The second-order valence-electron chi connectivity index (χ2n) is 6.86. The summed E-state index contributed by atoms with van der Waals surface area (Å²) in [6.45, 7) is 4.23. The van der Waals surface area contributed by atoms with E-state index in [1.54, 1.807) is 29.2 Å². The second-order valence-corrected chi connectivity index (χ2v) is 9.49. The minimum Gasteiger partial charge on any atom is -0.465 e. The van der Waals surface area contributed by atoms with Gasteiger partial charge in [-0.3, -0.25) is 5.32 Å². The van der Waals surface area contributed by atoms with Gasteiger partial charge >= 0.3 is 6.09 Å². The smallest absolute Gasteiger partial charge is 0.409 e. The van der Waals surface area contributed by atoms with Gasteiger partial charge in [-0.1, -0.05) is 25.2 Å². The number of hydrogen-bond acceptors (Lipinski definition) is 6. The van der Waals surface area contributed by atoms with Gasteiger partial charge in [0.1, 0.15) is 10.0 Å². The lowest BCUT2D eigenvalue weighted by molar-refractivity contribution is 0.209. The third-order valence-electron chi connectivity index (χ3n) is 4.39. The summed E-state index contributed by atoms with van der Waals surface area (Å²) < 4.78 is 0. The topological polar surface area (TPSA) is 101 Å². The predicted molar refractivity (Wildman–Crippen MR) is 107 cm³/mol. The van der Waals surface area contributed by atoms with Crippen molar-refractivity contribution in [2.24, 2.45) is 5.73 Å². The van der Waals surface area contributed by atoms with Crippen molar-refractivity contribution in [3.63, 3.8) is 0 Å². The van der Waals surface area contributed by atoms with E-state index in [0.717, 1.165) is 46.2 Å². The highest BCUT2D eigenvalue weighted by molar-refractivity contribution is 8.00. The van der Waals surface area contributed by atoms with Gasteiger partial charge in [0.2, 0.25) is 0 Å². The van der Waals surface area contributed by atoms with Crippen LogP contribution in [0.1, 0.15) is 50.5 Å². The van der Waals surface area contributed by atoms with Gasteiger partial charge in [0.25, 0.3) is 0 Å². The molecule has 0 aliphatic heterocycles. The molecule has 6 nitrogen and oxygen atoms in total. The minimum atomic E-state index is -1.06. The molecule has 3 rings (SSSR count). The minimum absolute atomic E-state index is 0.321. The Morgan fingerprint density at radius 2 is 2.04 bits per heavy atom. The van der Waals surface area contributed by atoms with Crippen LogP contribution >= 0.6 is 23.1 Å². The van der Waals surface area contributed by atoms with Crippen LogP contribution in [0.3, 0.4) is 0 Å². The number of nitrogens with one attached hydrogen (secondary N) is 1. The van der Waals surface area contributed by atoms with Crippen LogP contribution in [-0.4, -0.2) is 32.7 Å². The summed E-state index contributed by atoms with van der Waals surface area (Å²) >= 11 is 3.34. The summed E-state index contributed by atoms with van der Waals surface area (Å²) in [5.41, 5.74) is 7.58. The summed E-state index contributed by atoms with van der Waals surface area (Å²) in [6.07, 6.45) is 3.18. The van der Waals surface area contributed by atoms with Crippen LogP contribution in [0.5, 0.6) is 0 Å². The quantitative estimate of drug-likeness (QED) is 0.633. The molecule has 4 N–H and O–H groups in total. The van der Waals surface area contributed by atoms with Crippen molar-refractivity contribution in [1.82, 2.24) is 10.2 Å². The van der Waals surface area contributed by atoms with E-state index < -0.39 is 6.09 Å². The maximum Gasteiger partial charge on any atom is 0.409 e. The first-order valence-corrected chi connectivity index (χ1v) is 10.5. The van der Waals surface area contributed by atoms with Crippen LogP contribution in [0.2, 0.25) is 0 Å². The molecule has 1 amide bonds. The van der Waals surface area contributed by atoms with Crippen LogP contribution in [-0.2, 0) is 0 Å². The molecule has 1 fully saturated rings. The molecule has 1 heterocycles. The van der Waals surface area contributed by atoms with Crippen LogP contribution < -0.4 is 11.1 Å². The van der Waals surface area contributed by atoms with E-state index in [1.165, 1.54) is 0 Å². The Labute approximate surface area is 161 Å². The molecule has 1 aromatic heterocycles. The Morgan fingerprint density at radius 1 is 1.31 bits per heavy atom. The van der Waals surface area contributed by atoms with Crippen LogP contribution in [0, 0.1) is 0 Å². The van der Waals surface area contributed by atoms with Crippen molar-refractivity contribution in [3.8, 4) is 10.6 Å². The molecular weight excluding hydrogens is 368 g/mol. The zero-order valence-electron chi connectivity index (χ0n) is 14.9. The Bertz CT molecular complexity index is 770. The Kier molecular flexibility index (Phi) is 6.16. The molecule has 1 aromatic carbocycles. The average molecular weight is 393 g/mol. The molecule has 0 bridgehead atoms. The zero-order valence-corrected chi connectivity index (χ0v) is 16.6. The normalized spacial score (nSPS) is 20.3. The SMILES string of the molecule is CC(C)Sc1cc(NC(=O)O)ccc1-c1nnc(C2CCC(N)CC2)s1. The Morgan fingerprint density at radius 3 is 2.69 bits per heavy atom. The Hall–Kier alpha value is -1.64. The maximum atomic E-state index is 10.9. The van der Waals surface area contributed by atoms with E-state index in [1.807, 2.05) is 12.1 Å². The van der Waals surface area contributed by atoms with Gasteiger partial charge in [0.05, 0.1) is 0 Å². The summed E-state index contributed by atoms with van der Waals surface area (Å²) in [4.78, 5) is 11.9. The third-order valence-corrected chi connectivity index (χ3v) is 6.57. The van der Waals surface area contributed by atoms with Crippen LogP contribution in [0.25, 0.3) is 10.6 Å². The summed E-state index contributed by atoms with van der Waals surface area (Å²) in [7, 11) is 0. The number of benzene rings is 1. The standard InChI is InChI=1S/C18H24N4O2S2/c1-10(2)25-15-9-13(20-18(23)24)7-8-14(15)17-22-21-16(26-17)11-3-5-12(19)6-4-11/h7-12,20H,3-6,19H2,1-2H3,(H,23,24). The molecule has 1 saturated carbocycles. The van der Waals surface area contributed by atoms with Gasteiger partial charge in [0.15, 0.2) is 0 Å². The van der Waals surface area contributed by atoms with E-state index in [4.69, 9.17) is 10.8 Å². The number of hydrogen-bond donors (Lipinski definition) is 3. The third kappa shape index (κ3) is 4.75. The fourth-order valence-corrected chi connectivity index (χ4v) is 5.24. The van der Waals surface area contributed by atoms with Gasteiger partial charge in [-0.05, 0) is 43.9 Å². The molecule has 1 aliphatic rings. The van der Waals surface area contributed by atoms with Crippen molar-refractivity contribution < 1.29 is 9.90 Å². The molecule has 1 aliphatic carbocycles. The van der Waals surface area contributed by atoms with Crippen LogP contribution in [0.15, 0.2) is 23.1 Å². The lowest BCUT2D eigenvalue weighted by Gasteiger charge is -2.23. The highest BCUT2D eigenvalue weighted by Crippen LogP contribution is 2.40. The highest BCUT2D eigenvalue weighted by atomic mass is 32.2. The molecule has 2 aromatic rings. The first-order valence-electron chi connectivity index (χ1n) is 8.82. The number of carboxylic acid groups (broad SMARTS) is 1. The van der Waals surface area contributed by atoms with Gasteiger partial charge in [-0.25, -0.2) is 4.79 Å². The van der Waals surface area contributed by atoms with Crippen molar-refractivity contribution in [2.45, 2.75) is 61.6 Å². The van der Waals surface area contributed by atoms with E-state index in [9.17, 15) is 4.79 Å². The molecule has 0 atom stereocenters. The summed E-state index contributed by atoms with van der Waals surface area (Å²) in [6, 6.07) is 5.89. The summed E-state index contributed by atoms with van der Waals surface area (Å²) in [5, 5.41) is 22.6. The molecular formula is C18H24N4O2S2. The average Bonchev–Trinajstić information content (AvgIpc) is 3.04. The number of rotatable bonds is 5. The maximum absolute atomic E-state index is 10.9. The molecule has 140 valence electrons. The number of carbonyl (C=O) groups is 1. The molecule has 0 unspecified atom stereocenters. The number of nitrogens with zero attached hydrogens (tertiary/aromatic N) is 2. The molecule has 0 saturated heterocycles. The second kappa shape index (κ2) is 8.37. The highest BCUT2D eigenvalue weighted by Gasteiger charge is 2.24. The summed E-state index contributed by atoms with van der Waals surface area (Å²) in [5.74, 6) is 0.454. The molecule has 8 heteroatoms. The van der Waals surface area contributed by atoms with Gasteiger partial charge in [0, 0.05) is 33.4 Å². The van der Waals surface area contributed by atoms with Gasteiger partial charge in [-0.15, -0.1) is 22.0 Å². The van der Waals surface area contributed by atoms with E-state index in [-0.39, 0.29) is 0 Å². The number of amides is 1. The van der Waals surface area contributed by atoms with Gasteiger partial charge < -0.3 is 10.8 Å².